The minimum absolute atomic E-state index is 0.0810. The maximum absolute atomic E-state index is 12.0. The van der Waals surface area contributed by atoms with Gasteiger partial charge in [0, 0.05) is 19.2 Å². The van der Waals surface area contributed by atoms with E-state index in [1.165, 1.54) is 0 Å². The van der Waals surface area contributed by atoms with E-state index < -0.39 is 5.41 Å². The second-order valence-corrected chi connectivity index (χ2v) is 4.84. The molecule has 0 bridgehead atoms. The summed E-state index contributed by atoms with van der Waals surface area (Å²) < 4.78 is 5.45. The smallest absolute Gasteiger partial charge is 0.227 e. The average molecular weight is 228 g/mol. The number of carbonyl (C=O) groups excluding carboxylic acids is 1. The molecule has 1 aliphatic rings. The first kappa shape index (κ1) is 13.5. The number of rotatable bonds is 6. The Hall–Kier alpha value is -0.610. The van der Waals surface area contributed by atoms with Crippen molar-refractivity contribution in [2.24, 2.45) is 11.1 Å². The zero-order valence-corrected chi connectivity index (χ0v) is 10.6. The van der Waals surface area contributed by atoms with Crippen molar-refractivity contribution in [3.8, 4) is 0 Å². The van der Waals surface area contributed by atoms with Crippen molar-refractivity contribution in [3.63, 3.8) is 0 Å². The van der Waals surface area contributed by atoms with Gasteiger partial charge in [0.25, 0.3) is 0 Å². The molecular weight excluding hydrogens is 204 g/mol. The third-order valence-corrected chi connectivity index (χ3v) is 3.61. The molecule has 1 atom stereocenters. The van der Waals surface area contributed by atoms with E-state index in [4.69, 9.17) is 10.5 Å². The van der Waals surface area contributed by atoms with E-state index in [-0.39, 0.29) is 11.9 Å². The lowest BCUT2D eigenvalue weighted by Crippen LogP contribution is -2.53. The van der Waals surface area contributed by atoms with Gasteiger partial charge in [-0.1, -0.05) is 6.92 Å². The fraction of sp³-hybridized carbons (Fsp3) is 0.917. The van der Waals surface area contributed by atoms with E-state index in [9.17, 15) is 4.79 Å². The summed E-state index contributed by atoms with van der Waals surface area (Å²) in [6.45, 7) is 7.06. The van der Waals surface area contributed by atoms with Crippen LogP contribution < -0.4 is 11.1 Å². The quantitative estimate of drug-likeness (QED) is 0.714. The normalized spacial score (nSPS) is 28.0. The van der Waals surface area contributed by atoms with Crippen molar-refractivity contribution in [1.82, 2.24) is 5.32 Å². The van der Waals surface area contributed by atoms with Gasteiger partial charge >= 0.3 is 0 Å². The van der Waals surface area contributed by atoms with Crippen LogP contribution in [0.1, 0.15) is 40.0 Å². The molecule has 94 valence electrons. The molecule has 1 unspecified atom stereocenters. The molecule has 0 saturated heterocycles. The van der Waals surface area contributed by atoms with Crippen LogP contribution in [-0.2, 0) is 9.53 Å². The molecule has 0 aromatic carbocycles. The van der Waals surface area contributed by atoms with Crippen molar-refractivity contribution >= 4 is 5.91 Å². The maximum atomic E-state index is 12.0. The largest absolute Gasteiger partial charge is 0.378 e. The van der Waals surface area contributed by atoms with Crippen LogP contribution in [0.25, 0.3) is 0 Å². The molecule has 1 rings (SSSR count). The summed E-state index contributed by atoms with van der Waals surface area (Å²) >= 11 is 0. The molecule has 4 heteroatoms. The molecule has 0 aromatic rings. The summed E-state index contributed by atoms with van der Waals surface area (Å²) in [6, 6.07) is 0.279. The van der Waals surface area contributed by atoms with Crippen LogP contribution in [0.15, 0.2) is 0 Å². The van der Waals surface area contributed by atoms with Crippen LogP contribution in [-0.4, -0.2) is 31.2 Å². The lowest BCUT2D eigenvalue weighted by atomic mass is 9.84. The van der Waals surface area contributed by atoms with E-state index in [0.29, 0.717) is 12.6 Å². The Morgan fingerprint density at radius 2 is 2.12 bits per heavy atom. The van der Waals surface area contributed by atoms with Crippen LogP contribution in [0, 0.1) is 5.41 Å². The molecule has 1 amide bonds. The second-order valence-electron chi connectivity index (χ2n) is 4.84. The Labute approximate surface area is 97.9 Å². The summed E-state index contributed by atoms with van der Waals surface area (Å²) in [5.41, 5.74) is 5.22. The van der Waals surface area contributed by atoms with Gasteiger partial charge in [0.1, 0.15) is 0 Å². The van der Waals surface area contributed by atoms with Gasteiger partial charge in [-0.15, -0.1) is 0 Å². The third-order valence-electron chi connectivity index (χ3n) is 3.61. The first-order valence-electron chi connectivity index (χ1n) is 6.18. The predicted octanol–water partition coefficient (Wildman–Crippen LogP) is 1.05. The van der Waals surface area contributed by atoms with E-state index in [2.05, 4.69) is 5.32 Å². The minimum Gasteiger partial charge on any atom is -0.378 e. The fourth-order valence-electron chi connectivity index (χ4n) is 1.81. The van der Waals surface area contributed by atoms with Gasteiger partial charge in [0.2, 0.25) is 5.91 Å². The van der Waals surface area contributed by atoms with Gasteiger partial charge in [0.15, 0.2) is 0 Å². The van der Waals surface area contributed by atoms with Gasteiger partial charge < -0.3 is 15.8 Å². The number of amides is 1. The highest BCUT2D eigenvalue weighted by Crippen LogP contribution is 2.26. The van der Waals surface area contributed by atoms with Crippen molar-refractivity contribution in [2.45, 2.75) is 52.2 Å². The molecule has 16 heavy (non-hydrogen) atoms. The van der Waals surface area contributed by atoms with E-state index in [1.54, 1.807) is 0 Å². The number of hydrogen-bond donors (Lipinski definition) is 2. The minimum atomic E-state index is -0.420. The van der Waals surface area contributed by atoms with Crippen molar-refractivity contribution in [3.05, 3.63) is 0 Å². The van der Waals surface area contributed by atoms with E-state index in [1.807, 2.05) is 20.8 Å². The predicted molar refractivity (Wildman–Crippen MR) is 64.0 cm³/mol. The van der Waals surface area contributed by atoms with Crippen molar-refractivity contribution in [2.75, 3.05) is 13.2 Å². The number of hydrogen-bond acceptors (Lipinski definition) is 3. The van der Waals surface area contributed by atoms with Gasteiger partial charge in [-0.25, -0.2) is 0 Å². The van der Waals surface area contributed by atoms with Crippen LogP contribution in [0.2, 0.25) is 0 Å². The number of nitrogens with two attached hydrogens (primary N) is 1. The molecule has 1 aliphatic carbocycles. The lowest BCUT2D eigenvalue weighted by Gasteiger charge is -2.37. The monoisotopic (exact) mass is 228 g/mol. The summed E-state index contributed by atoms with van der Waals surface area (Å²) in [7, 11) is 0. The second kappa shape index (κ2) is 5.64. The third kappa shape index (κ3) is 2.95. The first-order chi connectivity index (χ1) is 7.55. The van der Waals surface area contributed by atoms with Crippen molar-refractivity contribution < 1.29 is 9.53 Å². The molecule has 1 fully saturated rings. The Morgan fingerprint density at radius 1 is 1.50 bits per heavy atom. The molecule has 4 nitrogen and oxygen atoms in total. The summed E-state index contributed by atoms with van der Waals surface area (Å²) in [4.78, 5) is 12.0. The van der Waals surface area contributed by atoms with E-state index >= 15 is 0 Å². The number of carbonyl (C=O) groups is 1. The standard InChI is InChI=1S/C12H24N2O2/c1-4-12(3,8-13)11(15)14-9-6-10(7-9)16-5-2/h9-10H,4-8,13H2,1-3H3,(H,14,15). The molecule has 0 aliphatic heterocycles. The van der Waals surface area contributed by atoms with Gasteiger partial charge in [0.05, 0.1) is 11.5 Å². The summed E-state index contributed by atoms with van der Waals surface area (Å²) in [6.07, 6.45) is 2.98. The highest BCUT2D eigenvalue weighted by Gasteiger charge is 2.36. The molecular formula is C12H24N2O2. The maximum Gasteiger partial charge on any atom is 0.227 e. The SMILES string of the molecule is CCOC1CC(NC(=O)C(C)(CC)CN)C1. The Bertz CT molecular complexity index is 233. The lowest BCUT2D eigenvalue weighted by molar-refractivity contribution is -0.132. The molecule has 1 saturated carbocycles. The topological polar surface area (TPSA) is 64.3 Å². The summed E-state index contributed by atoms with van der Waals surface area (Å²) in [5, 5.41) is 3.05. The van der Waals surface area contributed by atoms with Crippen LogP contribution >= 0.6 is 0 Å². The van der Waals surface area contributed by atoms with Gasteiger partial charge in [-0.2, -0.15) is 0 Å². The first-order valence-corrected chi connectivity index (χ1v) is 6.18. The zero-order valence-electron chi connectivity index (χ0n) is 10.6. The number of nitrogens with one attached hydrogen (secondary N) is 1. The Balaban J connectivity index is 2.31. The fourth-order valence-corrected chi connectivity index (χ4v) is 1.81. The summed E-state index contributed by atoms with van der Waals surface area (Å²) in [5.74, 6) is 0.0810. The van der Waals surface area contributed by atoms with Gasteiger partial charge in [-0.3, -0.25) is 4.79 Å². The molecule has 3 N–H and O–H groups in total. The molecule has 0 radical (unpaired) electrons. The highest BCUT2D eigenvalue weighted by molar-refractivity contribution is 5.82. The van der Waals surface area contributed by atoms with Crippen LogP contribution in [0.4, 0.5) is 0 Å². The average Bonchev–Trinajstić information content (AvgIpc) is 2.25. The zero-order chi connectivity index (χ0) is 12.2. The highest BCUT2D eigenvalue weighted by atomic mass is 16.5. The molecule has 0 heterocycles. The van der Waals surface area contributed by atoms with Crippen LogP contribution in [0.3, 0.4) is 0 Å². The van der Waals surface area contributed by atoms with Crippen LogP contribution in [0.5, 0.6) is 0 Å². The Kier molecular flexibility index (Phi) is 4.74. The molecule has 0 aromatic heterocycles. The molecule has 0 spiro atoms. The van der Waals surface area contributed by atoms with E-state index in [0.717, 1.165) is 25.9 Å². The van der Waals surface area contributed by atoms with Crippen molar-refractivity contribution in [1.29, 1.82) is 0 Å². The number of ether oxygens (including phenoxy) is 1. The van der Waals surface area contributed by atoms with Gasteiger partial charge in [-0.05, 0) is 33.1 Å². The Morgan fingerprint density at radius 3 is 2.56 bits per heavy atom.